The second kappa shape index (κ2) is 17.8. The number of rotatable bonds is 17. The fraction of sp³-hybridized carbons (Fsp3) is 0.952. The number of hydrogen-bond acceptors (Lipinski definition) is 2. The van der Waals surface area contributed by atoms with Crippen molar-refractivity contribution in [2.75, 3.05) is 6.61 Å². The van der Waals surface area contributed by atoms with Crippen molar-refractivity contribution >= 4 is 5.97 Å². The minimum Gasteiger partial charge on any atom is -0.465 e. The maximum absolute atomic E-state index is 12.1. The molecule has 0 saturated carbocycles. The van der Waals surface area contributed by atoms with Gasteiger partial charge < -0.3 is 4.74 Å². The molecule has 0 aromatic heterocycles. The van der Waals surface area contributed by atoms with Crippen LogP contribution < -0.4 is 0 Å². The van der Waals surface area contributed by atoms with Crippen LogP contribution in [0.5, 0.6) is 0 Å². The first-order valence-electron chi connectivity index (χ1n) is 10.4. The molecule has 0 aromatic rings. The molecule has 0 saturated heterocycles. The van der Waals surface area contributed by atoms with E-state index in [0.717, 1.165) is 32.1 Å². The highest BCUT2D eigenvalue weighted by molar-refractivity contribution is 5.72. The van der Waals surface area contributed by atoms with Crippen molar-refractivity contribution in [3.05, 3.63) is 0 Å². The summed E-state index contributed by atoms with van der Waals surface area (Å²) in [6, 6.07) is 0. The SMILES string of the molecule is CCCCCCCCCCCOC(=O)C(CCC)CCCCC. The zero-order valence-corrected chi connectivity index (χ0v) is 16.2. The monoisotopic (exact) mass is 326 g/mol. The summed E-state index contributed by atoms with van der Waals surface area (Å²) in [6.45, 7) is 7.25. The van der Waals surface area contributed by atoms with Crippen molar-refractivity contribution < 1.29 is 9.53 Å². The Morgan fingerprint density at radius 2 is 1.17 bits per heavy atom. The molecule has 23 heavy (non-hydrogen) atoms. The Morgan fingerprint density at radius 3 is 1.74 bits per heavy atom. The third-order valence-electron chi connectivity index (χ3n) is 4.62. The van der Waals surface area contributed by atoms with Crippen molar-refractivity contribution in [2.24, 2.45) is 5.92 Å². The van der Waals surface area contributed by atoms with E-state index in [1.165, 1.54) is 64.2 Å². The van der Waals surface area contributed by atoms with Crippen LogP contribution in [-0.4, -0.2) is 12.6 Å². The summed E-state index contributed by atoms with van der Waals surface area (Å²) in [5, 5.41) is 0. The first kappa shape index (κ1) is 22.5. The summed E-state index contributed by atoms with van der Waals surface area (Å²) >= 11 is 0. The number of ether oxygens (including phenoxy) is 1. The predicted molar refractivity (Wildman–Crippen MR) is 101 cm³/mol. The summed E-state index contributed by atoms with van der Waals surface area (Å²) in [4.78, 5) is 12.1. The molecule has 0 heterocycles. The van der Waals surface area contributed by atoms with Crippen LogP contribution in [0.4, 0.5) is 0 Å². The average molecular weight is 327 g/mol. The molecule has 2 heteroatoms. The quantitative estimate of drug-likeness (QED) is 0.211. The van der Waals surface area contributed by atoms with E-state index in [4.69, 9.17) is 4.74 Å². The number of unbranched alkanes of at least 4 members (excludes halogenated alkanes) is 10. The van der Waals surface area contributed by atoms with Gasteiger partial charge in [-0.2, -0.15) is 0 Å². The summed E-state index contributed by atoms with van der Waals surface area (Å²) in [6.07, 6.45) is 18.4. The van der Waals surface area contributed by atoms with Gasteiger partial charge in [0.1, 0.15) is 0 Å². The molecule has 2 nitrogen and oxygen atoms in total. The maximum atomic E-state index is 12.1. The third kappa shape index (κ3) is 14.8. The van der Waals surface area contributed by atoms with Crippen LogP contribution in [0.3, 0.4) is 0 Å². The minimum atomic E-state index is 0.0579. The lowest BCUT2D eigenvalue weighted by Crippen LogP contribution is -2.18. The topological polar surface area (TPSA) is 26.3 Å². The summed E-state index contributed by atoms with van der Waals surface area (Å²) < 4.78 is 5.51. The molecule has 0 aromatic carbocycles. The van der Waals surface area contributed by atoms with Gasteiger partial charge in [0.2, 0.25) is 0 Å². The first-order chi connectivity index (χ1) is 11.3. The van der Waals surface area contributed by atoms with E-state index in [9.17, 15) is 4.79 Å². The Balaban J connectivity index is 3.54. The lowest BCUT2D eigenvalue weighted by Gasteiger charge is -2.15. The van der Waals surface area contributed by atoms with Gasteiger partial charge in [-0.25, -0.2) is 0 Å². The van der Waals surface area contributed by atoms with E-state index in [-0.39, 0.29) is 11.9 Å². The average Bonchev–Trinajstić information content (AvgIpc) is 2.55. The largest absolute Gasteiger partial charge is 0.465 e. The van der Waals surface area contributed by atoms with E-state index in [1.54, 1.807) is 0 Å². The van der Waals surface area contributed by atoms with Gasteiger partial charge in [-0.05, 0) is 19.3 Å². The molecule has 0 bridgehead atoms. The number of carbonyl (C=O) groups excluding carboxylic acids is 1. The van der Waals surface area contributed by atoms with Crippen molar-refractivity contribution in [1.82, 2.24) is 0 Å². The highest BCUT2D eigenvalue weighted by atomic mass is 16.5. The first-order valence-corrected chi connectivity index (χ1v) is 10.4. The molecule has 1 atom stereocenters. The Hall–Kier alpha value is -0.530. The lowest BCUT2D eigenvalue weighted by atomic mass is 9.97. The van der Waals surface area contributed by atoms with Crippen LogP contribution in [0.2, 0.25) is 0 Å². The Labute approximate surface area is 145 Å². The normalized spacial score (nSPS) is 12.3. The lowest BCUT2D eigenvalue weighted by molar-refractivity contribution is -0.149. The van der Waals surface area contributed by atoms with E-state index in [0.29, 0.717) is 6.61 Å². The van der Waals surface area contributed by atoms with Gasteiger partial charge >= 0.3 is 5.97 Å². The second-order valence-electron chi connectivity index (χ2n) is 6.98. The minimum absolute atomic E-state index is 0.0579. The molecule has 0 fully saturated rings. The van der Waals surface area contributed by atoms with Crippen LogP contribution in [0.15, 0.2) is 0 Å². The molecule has 0 N–H and O–H groups in total. The maximum Gasteiger partial charge on any atom is 0.308 e. The van der Waals surface area contributed by atoms with E-state index >= 15 is 0 Å². The standard InChI is InChI=1S/C21H42O2/c1-4-7-9-10-11-12-13-14-16-19-23-21(22)20(17-6-3)18-15-8-5-2/h20H,4-19H2,1-3H3. The van der Waals surface area contributed by atoms with Gasteiger partial charge in [-0.3, -0.25) is 4.79 Å². The smallest absolute Gasteiger partial charge is 0.308 e. The highest BCUT2D eigenvalue weighted by Crippen LogP contribution is 2.18. The Morgan fingerprint density at radius 1 is 0.652 bits per heavy atom. The van der Waals surface area contributed by atoms with Crippen LogP contribution >= 0.6 is 0 Å². The number of hydrogen-bond donors (Lipinski definition) is 0. The zero-order valence-electron chi connectivity index (χ0n) is 16.2. The van der Waals surface area contributed by atoms with Gasteiger partial charge in [-0.1, -0.05) is 97.8 Å². The van der Waals surface area contributed by atoms with Gasteiger partial charge in [0.15, 0.2) is 0 Å². The molecule has 0 rings (SSSR count). The van der Waals surface area contributed by atoms with Gasteiger partial charge in [0.05, 0.1) is 12.5 Å². The molecule has 0 radical (unpaired) electrons. The summed E-state index contributed by atoms with van der Waals surface area (Å²) in [5.41, 5.74) is 0. The van der Waals surface area contributed by atoms with E-state index in [1.807, 2.05) is 0 Å². The molecule has 0 aliphatic rings. The Bertz CT molecular complexity index is 250. The Kier molecular flexibility index (Phi) is 17.4. The van der Waals surface area contributed by atoms with Gasteiger partial charge in [0, 0.05) is 0 Å². The molecule has 0 aliphatic carbocycles. The molecule has 138 valence electrons. The van der Waals surface area contributed by atoms with Crippen molar-refractivity contribution in [1.29, 1.82) is 0 Å². The number of esters is 1. The third-order valence-corrected chi connectivity index (χ3v) is 4.62. The van der Waals surface area contributed by atoms with Gasteiger partial charge in [-0.15, -0.1) is 0 Å². The predicted octanol–water partition coefficient (Wildman–Crippen LogP) is 7.06. The molecule has 0 amide bonds. The van der Waals surface area contributed by atoms with Crippen molar-refractivity contribution in [3.63, 3.8) is 0 Å². The molecular formula is C21H42O2. The molecule has 1 unspecified atom stereocenters. The van der Waals surface area contributed by atoms with E-state index < -0.39 is 0 Å². The van der Waals surface area contributed by atoms with Crippen LogP contribution in [-0.2, 0) is 9.53 Å². The van der Waals surface area contributed by atoms with Crippen LogP contribution in [0, 0.1) is 5.92 Å². The second-order valence-corrected chi connectivity index (χ2v) is 6.98. The molecular weight excluding hydrogens is 284 g/mol. The fourth-order valence-electron chi connectivity index (χ4n) is 3.07. The van der Waals surface area contributed by atoms with Crippen LogP contribution in [0.1, 0.15) is 117 Å². The van der Waals surface area contributed by atoms with Crippen molar-refractivity contribution in [3.8, 4) is 0 Å². The van der Waals surface area contributed by atoms with Crippen LogP contribution in [0.25, 0.3) is 0 Å². The summed E-state index contributed by atoms with van der Waals surface area (Å²) in [7, 11) is 0. The molecule has 0 spiro atoms. The molecule has 0 aliphatic heterocycles. The number of carbonyl (C=O) groups is 1. The van der Waals surface area contributed by atoms with Gasteiger partial charge in [0.25, 0.3) is 0 Å². The summed E-state index contributed by atoms with van der Waals surface area (Å²) in [5.74, 6) is 0.202. The van der Waals surface area contributed by atoms with Crippen molar-refractivity contribution in [2.45, 2.75) is 117 Å². The highest BCUT2D eigenvalue weighted by Gasteiger charge is 2.18. The van der Waals surface area contributed by atoms with E-state index in [2.05, 4.69) is 20.8 Å². The fourth-order valence-corrected chi connectivity index (χ4v) is 3.07. The zero-order chi connectivity index (χ0) is 17.2.